The summed E-state index contributed by atoms with van der Waals surface area (Å²) in [7, 11) is 0. The predicted molar refractivity (Wildman–Crippen MR) is 122 cm³/mol. The van der Waals surface area contributed by atoms with Crippen molar-refractivity contribution in [2.45, 2.75) is 26.7 Å². The van der Waals surface area contributed by atoms with Crippen LogP contribution in [0, 0.1) is 5.82 Å². The Balaban J connectivity index is 1.45. The summed E-state index contributed by atoms with van der Waals surface area (Å²) >= 11 is 0. The van der Waals surface area contributed by atoms with Gasteiger partial charge in [0.25, 0.3) is 0 Å². The number of hydrogen-bond acceptors (Lipinski definition) is 8. The van der Waals surface area contributed by atoms with Crippen LogP contribution in [0.25, 0.3) is 0 Å². The molecule has 172 valence electrons. The Morgan fingerprint density at radius 1 is 1.21 bits per heavy atom. The molecule has 9 heteroatoms. The summed E-state index contributed by atoms with van der Waals surface area (Å²) in [5.74, 6) is 0.689. The second kappa shape index (κ2) is 10.2. The van der Waals surface area contributed by atoms with E-state index < -0.39 is 5.82 Å². The molecule has 33 heavy (non-hydrogen) atoms. The molecule has 0 bridgehead atoms. The van der Waals surface area contributed by atoms with Gasteiger partial charge in [0.05, 0.1) is 19.2 Å². The van der Waals surface area contributed by atoms with Gasteiger partial charge in [-0.05, 0) is 37.6 Å². The van der Waals surface area contributed by atoms with Crippen LogP contribution in [0.2, 0.25) is 0 Å². The maximum Gasteiger partial charge on any atom is 0.309 e. The van der Waals surface area contributed by atoms with Gasteiger partial charge in [-0.15, -0.1) is 0 Å². The van der Waals surface area contributed by atoms with E-state index in [1.807, 2.05) is 25.2 Å². The van der Waals surface area contributed by atoms with Crippen LogP contribution in [0.4, 0.5) is 21.8 Å². The highest BCUT2D eigenvalue weighted by molar-refractivity contribution is 5.73. The average molecular weight is 452 g/mol. The van der Waals surface area contributed by atoms with E-state index in [0.717, 1.165) is 23.0 Å². The summed E-state index contributed by atoms with van der Waals surface area (Å²) in [5, 5.41) is 6.10. The number of ether oxygens (including phenoxy) is 3. The zero-order valence-corrected chi connectivity index (χ0v) is 18.5. The largest absolute Gasteiger partial charge is 0.486 e. The highest BCUT2D eigenvalue weighted by Gasteiger charge is 2.15. The molecular weight excluding hydrogens is 427 g/mol. The number of esters is 1. The molecule has 0 amide bonds. The molecular formula is C24H25FN4O4. The lowest BCUT2D eigenvalue weighted by molar-refractivity contribution is -0.142. The van der Waals surface area contributed by atoms with Crippen molar-refractivity contribution in [3.63, 3.8) is 0 Å². The number of allylic oxidation sites excluding steroid dienone is 4. The normalized spacial score (nSPS) is 16.0. The molecule has 1 aromatic heterocycles. The van der Waals surface area contributed by atoms with Crippen molar-refractivity contribution in [2.24, 2.45) is 0 Å². The van der Waals surface area contributed by atoms with Crippen LogP contribution < -0.4 is 20.1 Å². The van der Waals surface area contributed by atoms with Gasteiger partial charge < -0.3 is 24.8 Å². The number of fused-ring (bicyclic) bond motifs is 1. The van der Waals surface area contributed by atoms with E-state index in [-0.39, 0.29) is 24.2 Å². The molecule has 2 aromatic rings. The van der Waals surface area contributed by atoms with Crippen molar-refractivity contribution in [3.05, 3.63) is 65.3 Å². The van der Waals surface area contributed by atoms with Crippen molar-refractivity contribution in [1.29, 1.82) is 0 Å². The van der Waals surface area contributed by atoms with Gasteiger partial charge in [-0.25, -0.2) is 9.37 Å². The van der Waals surface area contributed by atoms with Gasteiger partial charge >= 0.3 is 5.97 Å². The first-order valence-electron chi connectivity index (χ1n) is 10.7. The number of nitrogens with zero attached hydrogens (tertiary/aromatic N) is 2. The number of hydrogen-bond donors (Lipinski definition) is 2. The molecule has 0 saturated heterocycles. The van der Waals surface area contributed by atoms with E-state index in [1.54, 1.807) is 25.1 Å². The molecule has 8 nitrogen and oxygen atoms in total. The smallest absolute Gasteiger partial charge is 0.309 e. The van der Waals surface area contributed by atoms with E-state index in [0.29, 0.717) is 43.4 Å². The van der Waals surface area contributed by atoms with Crippen LogP contribution in [0.1, 0.15) is 26.7 Å². The third kappa shape index (κ3) is 5.68. The number of anilines is 3. The number of rotatable bonds is 7. The zero-order chi connectivity index (χ0) is 23.2. The molecule has 0 fully saturated rings. The molecule has 0 spiro atoms. The summed E-state index contributed by atoms with van der Waals surface area (Å²) in [6.45, 7) is 5.01. The Bertz CT molecular complexity index is 1140. The third-order valence-corrected chi connectivity index (χ3v) is 5.06. The lowest BCUT2D eigenvalue weighted by atomic mass is 9.98. The van der Waals surface area contributed by atoms with Gasteiger partial charge in [-0.1, -0.05) is 17.7 Å². The van der Waals surface area contributed by atoms with Crippen LogP contribution in [0.15, 0.2) is 59.5 Å². The quantitative estimate of drug-likeness (QED) is 0.586. The number of carbonyl (C=O) groups excluding carboxylic acids is 1. The van der Waals surface area contributed by atoms with Crippen LogP contribution in [-0.4, -0.2) is 35.8 Å². The molecule has 1 aromatic carbocycles. The second-order valence-corrected chi connectivity index (χ2v) is 7.51. The Morgan fingerprint density at radius 3 is 2.85 bits per heavy atom. The van der Waals surface area contributed by atoms with E-state index in [2.05, 4.69) is 20.6 Å². The second-order valence-electron chi connectivity index (χ2n) is 7.51. The summed E-state index contributed by atoms with van der Waals surface area (Å²) in [5.41, 5.74) is 3.37. The Hall–Kier alpha value is -3.88. The lowest BCUT2D eigenvalue weighted by Gasteiger charge is -2.19. The van der Waals surface area contributed by atoms with Crippen LogP contribution >= 0.6 is 0 Å². The first-order valence-corrected chi connectivity index (χ1v) is 10.7. The molecule has 2 N–H and O–H groups in total. The zero-order valence-electron chi connectivity index (χ0n) is 18.5. The molecule has 1 aliphatic carbocycles. The first-order chi connectivity index (χ1) is 16.0. The van der Waals surface area contributed by atoms with Crippen LogP contribution in [0.5, 0.6) is 11.5 Å². The third-order valence-electron chi connectivity index (χ3n) is 5.06. The Kier molecular flexibility index (Phi) is 6.87. The fraction of sp³-hybridized carbons (Fsp3) is 0.292. The van der Waals surface area contributed by atoms with Gasteiger partial charge in [-0.2, -0.15) is 4.98 Å². The maximum absolute atomic E-state index is 14.4. The standard InChI is InChI=1S/C24H25FN4O4/c1-3-31-22(30)11-15(2)16-5-4-6-17(12-16)28-24-26-14-19(25)23(29-24)27-18-7-8-20-21(13-18)33-10-9-32-20/h4-8,13-14H,3,9-12H2,1-2H3,(H2,26,27,28,29). The first kappa shape index (κ1) is 22.3. The average Bonchev–Trinajstić information content (AvgIpc) is 2.81. The Morgan fingerprint density at radius 2 is 2.03 bits per heavy atom. The van der Waals surface area contributed by atoms with Crippen molar-refractivity contribution in [3.8, 4) is 11.5 Å². The number of nitrogens with one attached hydrogen (secondary N) is 2. The highest BCUT2D eigenvalue weighted by Crippen LogP contribution is 2.34. The molecule has 2 aliphatic rings. The molecule has 4 rings (SSSR count). The van der Waals surface area contributed by atoms with Gasteiger partial charge in [0.1, 0.15) is 13.2 Å². The summed E-state index contributed by atoms with van der Waals surface area (Å²) in [6.07, 6.45) is 7.64. The monoisotopic (exact) mass is 452 g/mol. The van der Waals surface area contributed by atoms with Gasteiger partial charge in [0.15, 0.2) is 23.1 Å². The minimum atomic E-state index is -0.584. The van der Waals surface area contributed by atoms with E-state index in [4.69, 9.17) is 14.2 Å². The molecule has 0 saturated carbocycles. The highest BCUT2D eigenvalue weighted by atomic mass is 19.1. The van der Waals surface area contributed by atoms with Crippen molar-refractivity contribution < 1.29 is 23.4 Å². The summed E-state index contributed by atoms with van der Waals surface area (Å²) in [6, 6.07) is 5.27. The maximum atomic E-state index is 14.4. The van der Waals surface area contributed by atoms with Gasteiger partial charge in [-0.3, -0.25) is 4.79 Å². The fourth-order valence-electron chi connectivity index (χ4n) is 3.44. The SMILES string of the molecule is CCOC(=O)CC(C)=C1C=CC=C(Nc2ncc(F)c(Nc3ccc4c(c3)OCCO4)n2)C1. The Labute approximate surface area is 191 Å². The molecule has 2 heterocycles. The lowest BCUT2D eigenvalue weighted by Crippen LogP contribution is -2.15. The molecule has 0 radical (unpaired) electrons. The van der Waals surface area contributed by atoms with E-state index >= 15 is 0 Å². The van der Waals surface area contributed by atoms with Crippen molar-refractivity contribution in [1.82, 2.24) is 9.97 Å². The predicted octanol–water partition coefficient (Wildman–Crippen LogP) is 4.66. The minimum Gasteiger partial charge on any atom is -0.486 e. The van der Waals surface area contributed by atoms with E-state index in [1.165, 1.54) is 0 Å². The van der Waals surface area contributed by atoms with E-state index in [9.17, 15) is 9.18 Å². The topological polar surface area (TPSA) is 94.6 Å². The molecule has 0 unspecified atom stereocenters. The fourth-order valence-corrected chi connectivity index (χ4v) is 3.44. The number of benzene rings is 1. The number of carbonyl (C=O) groups is 1. The van der Waals surface area contributed by atoms with Crippen LogP contribution in [0.3, 0.4) is 0 Å². The summed E-state index contributed by atoms with van der Waals surface area (Å²) < 4.78 is 30.5. The van der Waals surface area contributed by atoms with Gasteiger partial charge in [0, 0.05) is 23.9 Å². The molecule has 0 atom stereocenters. The minimum absolute atomic E-state index is 0.0328. The molecule has 1 aliphatic heterocycles. The summed E-state index contributed by atoms with van der Waals surface area (Å²) in [4.78, 5) is 20.1. The van der Waals surface area contributed by atoms with Crippen molar-refractivity contribution >= 4 is 23.4 Å². The van der Waals surface area contributed by atoms with Crippen LogP contribution in [-0.2, 0) is 9.53 Å². The number of aromatic nitrogens is 2. The number of halogens is 1. The van der Waals surface area contributed by atoms with Gasteiger partial charge in [0.2, 0.25) is 5.95 Å². The van der Waals surface area contributed by atoms with Crippen molar-refractivity contribution in [2.75, 3.05) is 30.5 Å².